The number of nitro groups is 1. The average Bonchev–Trinajstić information content (AvgIpc) is 2.28. The molecule has 4 N–H and O–H groups in total. The van der Waals surface area contributed by atoms with Crippen LogP contribution in [0.1, 0.15) is 20.3 Å². The van der Waals surface area contributed by atoms with E-state index in [4.69, 9.17) is 5.84 Å². The Morgan fingerprint density at radius 3 is 2.65 bits per heavy atom. The Morgan fingerprint density at radius 2 is 2.12 bits per heavy atom. The Kier molecular flexibility index (Phi) is 4.65. The van der Waals surface area contributed by atoms with E-state index in [9.17, 15) is 10.1 Å². The van der Waals surface area contributed by atoms with Crippen molar-refractivity contribution in [1.29, 1.82) is 0 Å². The van der Waals surface area contributed by atoms with Gasteiger partial charge in [0.05, 0.1) is 17.1 Å². The molecule has 0 atom stereocenters. The van der Waals surface area contributed by atoms with Crippen LogP contribution in [0.2, 0.25) is 0 Å². The van der Waals surface area contributed by atoms with Crippen LogP contribution in [0, 0.1) is 16.0 Å². The molecule has 0 aromatic carbocycles. The lowest BCUT2D eigenvalue weighted by Crippen LogP contribution is -2.12. The minimum atomic E-state index is -0.476. The monoisotopic (exact) mass is 239 g/mol. The van der Waals surface area contributed by atoms with Crippen molar-refractivity contribution in [2.45, 2.75) is 20.3 Å². The molecule has 1 aromatic rings. The number of hydrazine groups is 1. The summed E-state index contributed by atoms with van der Waals surface area (Å²) in [7, 11) is 0. The highest BCUT2D eigenvalue weighted by Gasteiger charge is 2.10. The average molecular weight is 239 g/mol. The van der Waals surface area contributed by atoms with Crippen LogP contribution in [0.5, 0.6) is 0 Å². The van der Waals surface area contributed by atoms with Gasteiger partial charge in [0.15, 0.2) is 0 Å². The fraction of sp³-hybridized carbons (Fsp3) is 0.500. The first-order valence-electron chi connectivity index (χ1n) is 5.40. The molecule has 7 nitrogen and oxygen atoms in total. The summed E-state index contributed by atoms with van der Waals surface area (Å²) in [6.45, 7) is 4.93. The predicted octanol–water partition coefficient (Wildman–Crippen LogP) is 1.73. The number of aromatic nitrogens is 1. The largest absolute Gasteiger partial charge is 0.370 e. The Bertz CT molecular complexity index is 394. The lowest BCUT2D eigenvalue weighted by Gasteiger charge is -2.08. The number of nitrogens with two attached hydrogens (primary N) is 1. The molecule has 17 heavy (non-hydrogen) atoms. The van der Waals surface area contributed by atoms with Crippen LogP contribution in [-0.2, 0) is 0 Å². The molecule has 0 spiro atoms. The van der Waals surface area contributed by atoms with Gasteiger partial charge in [0.25, 0.3) is 5.69 Å². The summed E-state index contributed by atoms with van der Waals surface area (Å²) >= 11 is 0. The highest BCUT2D eigenvalue weighted by atomic mass is 16.6. The summed E-state index contributed by atoms with van der Waals surface area (Å²) in [5.74, 6) is 6.49. The van der Waals surface area contributed by atoms with Crippen molar-refractivity contribution in [3.05, 3.63) is 22.2 Å². The summed E-state index contributed by atoms with van der Waals surface area (Å²) in [6.07, 6.45) is 0.968. The van der Waals surface area contributed by atoms with Crippen LogP contribution >= 0.6 is 0 Å². The molecule has 0 unspecified atom stereocenters. The van der Waals surface area contributed by atoms with E-state index in [0.29, 0.717) is 11.7 Å². The van der Waals surface area contributed by atoms with Gasteiger partial charge in [-0.3, -0.25) is 10.1 Å². The zero-order valence-electron chi connectivity index (χ0n) is 9.93. The molecular formula is C10H17N5O2. The lowest BCUT2D eigenvalue weighted by molar-refractivity contribution is -0.384. The first-order chi connectivity index (χ1) is 8.02. The zero-order valence-corrected chi connectivity index (χ0v) is 9.93. The van der Waals surface area contributed by atoms with E-state index in [0.717, 1.165) is 13.0 Å². The van der Waals surface area contributed by atoms with Crippen LogP contribution in [-0.4, -0.2) is 16.5 Å². The van der Waals surface area contributed by atoms with E-state index < -0.39 is 4.92 Å². The SMILES string of the molecule is CC(C)CCNc1cc([N+](=O)[O-])cc(NN)n1. The topological polar surface area (TPSA) is 106 Å². The fourth-order valence-corrected chi connectivity index (χ4v) is 1.27. The van der Waals surface area contributed by atoms with Gasteiger partial charge in [-0.15, -0.1) is 0 Å². The zero-order chi connectivity index (χ0) is 12.8. The second kappa shape index (κ2) is 6.00. The van der Waals surface area contributed by atoms with Crippen LogP contribution in [0.4, 0.5) is 17.3 Å². The number of hydrogen-bond acceptors (Lipinski definition) is 6. The number of nitrogens with zero attached hydrogens (tertiary/aromatic N) is 2. The lowest BCUT2D eigenvalue weighted by atomic mass is 10.1. The number of nitrogens with one attached hydrogen (secondary N) is 2. The van der Waals surface area contributed by atoms with Crippen molar-refractivity contribution < 1.29 is 4.92 Å². The molecule has 0 aliphatic heterocycles. The predicted molar refractivity (Wildman–Crippen MR) is 66.6 cm³/mol. The maximum Gasteiger partial charge on any atom is 0.276 e. The molecule has 0 bridgehead atoms. The Morgan fingerprint density at radius 1 is 1.47 bits per heavy atom. The molecule has 94 valence electrons. The highest BCUT2D eigenvalue weighted by Crippen LogP contribution is 2.20. The van der Waals surface area contributed by atoms with Gasteiger partial charge in [-0.25, -0.2) is 10.8 Å². The number of rotatable bonds is 6. The van der Waals surface area contributed by atoms with Crippen molar-refractivity contribution in [1.82, 2.24) is 4.98 Å². The number of pyridine rings is 1. The van der Waals surface area contributed by atoms with Crippen molar-refractivity contribution in [3.63, 3.8) is 0 Å². The molecule has 0 saturated carbocycles. The number of hydrogen-bond donors (Lipinski definition) is 3. The van der Waals surface area contributed by atoms with E-state index in [-0.39, 0.29) is 11.5 Å². The molecule has 0 fully saturated rings. The van der Waals surface area contributed by atoms with Gasteiger partial charge in [-0.1, -0.05) is 13.8 Å². The van der Waals surface area contributed by atoms with Crippen LogP contribution in [0.15, 0.2) is 12.1 Å². The van der Waals surface area contributed by atoms with Crippen LogP contribution < -0.4 is 16.6 Å². The van der Waals surface area contributed by atoms with Gasteiger partial charge < -0.3 is 10.7 Å². The van der Waals surface area contributed by atoms with Crippen LogP contribution in [0.25, 0.3) is 0 Å². The van der Waals surface area contributed by atoms with Gasteiger partial charge in [0.2, 0.25) is 0 Å². The van der Waals surface area contributed by atoms with E-state index in [2.05, 4.69) is 29.6 Å². The van der Waals surface area contributed by atoms with E-state index >= 15 is 0 Å². The number of anilines is 2. The van der Waals surface area contributed by atoms with Crippen molar-refractivity contribution in [2.75, 3.05) is 17.3 Å². The summed E-state index contributed by atoms with van der Waals surface area (Å²) < 4.78 is 0. The van der Waals surface area contributed by atoms with E-state index in [1.807, 2.05) is 0 Å². The fourth-order valence-electron chi connectivity index (χ4n) is 1.27. The third kappa shape index (κ3) is 4.23. The Labute approximate surface area is 99.5 Å². The molecule has 1 aromatic heterocycles. The molecule has 0 saturated heterocycles. The highest BCUT2D eigenvalue weighted by molar-refractivity contribution is 5.54. The molecule has 0 amide bonds. The van der Waals surface area contributed by atoms with Gasteiger partial charge in [0, 0.05) is 6.54 Å². The third-order valence-electron chi connectivity index (χ3n) is 2.20. The van der Waals surface area contributed by atoms with Gasteiger partial charge in [-0.05, 0) is 12.3 Å². The molecule has 1 rings (SSSR count). The van der Waals surface area contributed by atoms with Crippen molar-refractivity contribution >= 4 is 17.3 Å². The van der Waals surface area contributed by atoms with Crippen molar-refractivity contribution in [2.24, 2.45) is 11.8 Å². The van der Waals surface area contributed by atoms with Crippen LogP contribution in [0.3, 0.4) is 0 Å². The summed E-state index contributed by atoms with van der Waals surface area (Å²) in [5, 5.41) is 13.7. The first kappa shape index (κ1) is 13.2. The van der Waals surface area contributed by atoms with E-state index in [1.54, 1.807) is 0 Å². The molecule has 0 aliphatic rings. The smallest absolute Gasteiger partial charge is 0.276 e. The molecule has 7 heteroatoms. The first-order valence-corrected chi connectivity index (χ1v) is 5.40. The van der Waals surface area contributed by atoms with Gasteiger partial charge >= 0.3 is 0 Å². The molecule has 1 heterocycles. The minimum Gasteiger partial charge on any atom is -0.370 e. The summed E-state index contributed by atoms with van der Waals surface area (Å²) in [4.78, 5) is 14.3. The van der Waals surface area contributed by atoms with E-state index in [1.165, 1.54) is 12.1 Å². The second-order valence-electron chi connectivity index (χ2n) is 4.11. The molecule has 0 radical (unpaired) electrons. The Balaban J connectivity index is 2.76. The quantitative estimate of drug-likeness (QED) is 0.396. The standard InChI is InChI=1S/C10H17N5O2/c1-7(2)3-4-12-9-5-8(15(16)17)6-10(13-9)14-11/h5-7H,3-4,11H2,1-2H3,(H2,12,13,14). The Hall–Kier alpha value is -1.89. The summed E-state index contributed by atoms with van der Waals surface area (Å²) in [5.41, 5.74) is 2.26. The molecular weight excluding hydrogens is 222 g/mol. The minimum absolute atomic E-state index is 0.0417. The molecule has 0 aliphatic carbocycles. The van der Waals surface area contributed by atoms with Gasteiger partial charge in [0.1, 0.15) is 11.6 Å². The maximum absolute atomic E-state index is 10.7. The summed E-state index contributed by atoms with van der Waals surface area (Å²) in [6, 6.07) is 2.68. The van der Waals surface area contributed by atoms with Gasteiger partial charge in [-0.2, -0.15) is 0 Å². The third-order valence-corrected chi connectivity index (χ3v) is 2.20. The maximum atomic E-state index is 10.7. The van der Waals surface area contributed by atoms with Crippen molar-refractivity contribution in [3.8, 4) is 0 Å². The normalized spacial score (nSPS) is 10.4. The second-order valence-corrected chi connectivity index (χ2v) is 4.11. The number of nitrogen functional groups attached to an aromatic ring is 1.